The van der Waals surface area contributed by atoms with Crippen molar-refractivity contribution in [2.45, 2.75) is 391 Å². The average molecular weight is 1660 g/mol. The van der Waals surface area contributed by atoms with Crippen LogP contribution in [-0.4, -0.2) is 134 Å². The van der Waals surface area contributed by atoms with Crippen LogP contribution in [0.3, 0.4) is 0 Å². The van der Waals surface area contributed by atoms with Crippen molar-refractivity contribution in [1.82, 2.24) is 29.4 Å². The zero-order valence-corrected chi connectivity index (χ0v) is 77.2. The van der Waals surface area contributed by atoms with Crippen LogP contribution in [0.1, 0.15) is 391 Å². The summed E-state index contributed by atoms with van der Waals surface area (Å²) in [5, 5.41) is 0. The molecule has 0 rings (SSSR count). The zero-order chi connectivity index (χ0) is 73.4. The van der Waals surface area contributed by atoms with Crippen LogP contribution >= 0.6 is 73.3 Å². The molecule has 0 spiro atoms. The zero-order valence-electron chi connectivity index (χ0n) is 65.4. The maximum atomic E-state index is 5.11. The van der Waals surface area contributed by atoms with Gasteiger partial charge >= 0.3 is 21.1 Å². The molecule has 0 radical (unpaired) electrons. The van der Waals surface area contributed by atoms with Gasteiger partial charge < -0.3 is 178 Å². The fourth-order valence-corrected chi connectivity index (χ4v) is 12.7. The SMILES string of the molecule is CCCCCCN(CCCCCC)C(=S)[S-].CCCCCCN(CCCCCC)C(=S)[S-].CCCCCCN(CCCCCC)C(=S)[S-].CCCCCCN(CCCCCC)C(=S)[S-].CCCCCCN(CCCCCC)C(=S)[S-].CCCCCCN(CCCCCC)C(=S)[S-].[Mo+6]. The van der Waals surface area contributed by atoms with E-state index in [2.05, 4.69) is 112 Å². The summed E-state index contributed by atoms with van der Waals surface area (Å²) < 4.78 is 3.96. The van der Waals surface area contributed by atoms with E-state index in [9.17, 15) is 0 Å². The molecule has 0 aromatic carbocycles. The minimum Gasteiger partial charge on any atom is -0.411 e. The number of thiocarbonyl (C=S) groups is 6. The van der Waals surface area contributed by atoms with Gasteiger partial charge in [0.25, 0.3) is 0 Å². The van der Waals surface area contributed by atoms with Crippen LogP contribution in [0.4, 0.5) is 0 Å². The molecule has 0 aliphatic carbocycles. The van der Waals surface area contributed by atoms with E-state index in [0.29, 0.717) is 25.9 Å². The normalized spacial score (nSPS) is 10.3. The Bertz CT molecular complexity index is 1260. The first-order valence-corrected chi connectivity index (χ1v) is 45.0. The van der Waals surface area contributed by atoms with Gasteiger partial charge in [0.2, 0.25) is 0 Å². The summed E-state index contributed by atoms with van der Waals surface area (Å²) in [6.07, 6.45) is 61.8. The minimum absolute atomic E-state index is 0. The molecular weight excluding hydrogens is 1500 g/mol. The molecule has 0 bridgehead atoms. The molecule has 0 aromatic rings. The molecule has 6 nitrogen and oxygen atoms in total. The van der Waals surface area contributed by atoms with Crippen LogP contribution in [0.2, 0.25) is 0 Å². The van der Waals surface area contributed by atoms with Gasteiger partial charge in [0.1, 0.15) is 0 Å². The van der Waals surface area contributed by atoms with Gasteiger partial charge in [0.15, 0.2) is 0 Å². The van der Waals surface area contributed by atoms with Crippen molar-refractivity contribution in [2.75, 3.05) is 78.5 Å². The Morgan fingerprint density at radius 2 is 0.227 bits per heavy atom. The summed E-state index contributed by atoms with van der Waals surface area (Å²) in [6.45, 7) is 39.6. The summed E-state index contributed by atoms with van der Waals surface area (Å²) in [6, 6.07) is 0. The summed E-state index contributed by atoms with van der Waals surface area (Å²) in [4.78, 5) is 13.2. The van der Waals surface area contributed by atoms with Gasteiger partial charge in [0, 0.05) is 78.5 Å². The monoisotopic (exact) mass is 1660 g/mol. The third kappa shape index (κ3) is 93.4. The number of rotatable bonds is 60. The van der Waals surface area contributed by atoms with Crippen molar-refractivity contribution in [3.05, 3.63) is 0 Å². The fourth-order valence-electron chi connectivity index (χ4n) is 10.5. The third-order valence-corrected chi connectivity index (χ3v) is 20.0. The van der Waals surface area contributed by atoms with Gasteiger partial charge in [-0.25, -0.2) is 0 Å². The Labute approximate surface area is 688 Å². The smallest absolute Gasteiger partial charge is 0.411 e. The molecule has 0 aliphatic heterocycles. The standard InChI is InChI=1S/6C13H27NS2.Mo/c6*1-3-5-7-9-11-14(13(15)16)12-10-8-6-4-2;/h6*3-12H2,1-2H3,(H,15,16);/q;;;;;;+6/p-6. The van der Waals surface area contributed by atoms with Gasteiger partial charge in [-0.15, -0.1) is 0 Å². The van der Waals surface area contributed by atoms with Crippen LogP contribution in [-0.2, 0) is 96.8 Å². The summed E-state index contributed by atoms with van der Waals surface area (Å²) >= 11 is 61.4. The predicted octanol–water partition coefficient (Wildman–Crippen LogP) is 25.7. The number of unbranched alkanes of at least 4 members (excludes halogenated alkanes) is 36. The van der Waals surface area contributed by atoms with Crippen LogP contribution < -0.4 is 0 Å². The molecule has 97 heavy (non-hydrogen) atoms. The largest absolute Gasteiger partial charge is 6.00 e. The second kappa shape index (κ2) is 95.4. The average Bonchev–Trinajstić information content (AvgIpc) is 3.77. The maximum Gasteiger partial charge on any atom is 6.00 e. The molecule has 0 N–H and O–H groups in total. The van der Waals surface area contributed by atoms with E-state index in [1.54, 1.807) is 0 Å². The molecule has 0 atom stereocenters. The van der Waals surface area contributed by atoms with Crippen LogP contribution in [0.15, 0.2) is 0 Å². The van der Waals surface area contributed by atoms with Crippen molar-refractivity contribution in [1.29, 1.82) is 0 Å². The minimum atomic E-state index is 0. The van der Waals surface area contributed by atoms with E-state index < -0.39 is 0 Å². The maximum absolute atomic E-state index is 5.11. The molecule has 19 heteroatoms. The predicted molar refractivity (Wildman–Crippen MR) is 479 cm³/mol. The molecule has 0 aliphatic rings. The second-order valence-corrected chi connectivity index (χ2v) is 32.4. The molecular formula is C78H156MoN6S12. The Morgan fingerprint density at radius 3 is 0.278 bits per heavy atom. The van der Waals surface area contributed by atoms with Crippen molar-refractivity contribution in [2.24, 2.45) is 0 Å². The van der Waals surface area contributed by atoms with Gasteiger partial charge in [-0.2, -0.15) is 0 Å². The van der Waals surface area contributed by atoms with E-state index >= 15 is 0 Å². The van der Waals surface area contributed by atoms with Gasteiger partial charge in [-0.3, -0.25) is 0 Å². The van der Waals surface area contributed by atoms with Crippen molar-refractivity contribution in [3.8, 4) is 0 Å². The Hall–Kier alpha value is 1.35. The van der Waals surface area contributed by atoms with Crippen molar-refractivity contribution >= 4 is 175 Å². The third-order valence-electron chi connectivity index (χ3n) is 16.9. The summed E-state index contributed by atoms with van der Waals surface area (Å²) in [5.41, 5.74) is 0. The van der Waals surface area contributed by atoms with Crippen molar-refractivity contribution < 1.29 is 21.1 Å². The first kappa shape index (κ1) is 112. The molecule has 0 saturated carbocycles. The summed E-state index contributed by atoms with van der Waals surface area (Å²) in [7, 11) is 0. The van der Waals surface area contributed by atoms with Gasteiger partial charge in [-0.05, 0) is 77.0 Å². The Balaban J connectivity index is -0.000000200. The quantitative estimate of drug-likeness (QED) is 0.0249. The van der Waals surface area contributed by atoms with E-state index in [1.807, 2.05) is 0 Å². The Morgan fingerprint density at radius 1 is 0.155 bits per heavy atom. The first-order valence-electron chi connectivity index (χ1n) is 40.1. The molecule has 0 unspecified atom stereocenters. The van der Waals surface area contributed by atoms with E-state index in [-0.39, 0.29) is 21.1 Å². The topological polar surface area (TPSA) is 19.4 Å². The van der Waals surface area contributed by atoms with Crippen LogP contribution in [0.25, 0.3) is 0 Å². The van der Waals surface area contributed by atoms with E-state index in [4.69, 9.17) is 149 Å². The molecule has 0 aromatic heterocycles. The molecule has 0 saturated heterocycles. The number of hydrogen-bond donors (Lipinski definition) is 0. The van der Waals surface area contributed by atoms with Crippen LogP contribution in [0.5, 0.6) is 0 Å². The first-order chi connectivity index (χ1) is 46.3. The number of nitrogens with zero attached hydrogens (tertiary/aromatic N) is 6. The fraction of sp³-hybridized carbons (Fsp3) is 0.923. The molecule has 0 amide bonds. The van der Waals surface area contributed by atoms with Crippen molar-refractivity contribution in [3.63, 3.8) is 0 Å². The van der Waals surface area contributed by atoms with Gasteiger partial charge in [-0.1, -0.05) is 340 Å². The summed E-state index contributed by atoms with van der Waals surface area (Å²) in [5.74, 6) is 0. The molecule has 576 valence electrons. The molecule has 0 fully saturated rings. The van der Waals surface area contributed by atoms with Crippen LogP contribution in [0, 0.1) is 0 Å². The second-order valence-electron chi connectivity index (χ2n) is 26.2. The molecule has 0 heterocycles. The number of hydrogen-bond acceptors (Lipinski definition) is 12. The van der Waals surface area contributed by atoms with E-state index in [0.717, 1.165) is 78.5 Å². The Kier molecular flexibility index (Phi) is 110. The van der Waals surface area contributed by atoms with Gasteiger partial charge in [0.05, 0.1) is 0 Å². The van der Waals surface area contributed by atoms with E-state index in [1.165, 1.54) is 308 Å².